The summed E-state index contributed by atoms with van der Waals surface area (Å²) in [6.45, 7) is 4.32. The van der Waals surface area contributed by atoms with Crippen molar-refractivity contribution >= 4 is 27.5 Å². The molecule has 9 rings (SSSR count). The monoisotopic (exact) mass is 480 g/mol. The third kappa shape index (κ3) is 2.09. The first-order valence-corrected chi connectivity index (χ1v) is 12.7. The topological polar surface area (TPSA) is 20.9 Å². The van der Waals surface area contributed by atoms with Gasteiger partial charge in [0.15, 0.2) is 12.4 Å². The summed E-state index contributed by atoms with van der Waals surface area (Å²) in [4.78, 5) is 0. The van der Waals surface area contributed by atoms with Gasteiger partial charge in [-0.1, -0.05) is 29.8 Å². The minimum absolute atomic E-state index is 0.0725. The van der Waals surface area contributed by atoms with Crippen molar-refractivity contribution in [1.82, 2.24) is 0 Å². The summed E-state index contributed by atoms with van der Waals surface area (Å²) < 4.78 is 46.6. The SMILES string of the molecule is [2H]c1c([2H])c([2H])[n+]2c(c1[2H])-c1c(ccc3c1oc1c4c(ccc13)CC(C)=C4C)C21c2ccccc2-c2cccc[n+]21. The van der Waals surface area contributed by atoms with E-state index in [1.807, 2.05) is 30.5 Å². The van der Waals surface area contributed by atoms with E-state index in [0.717, 1.165) is 56.3 Å². The van der Waals surface area contributed by atoms with Crippen molar-refractivity contribution in [2.75, 3.05) is 0 Å². The molecule has 174 valence electrons. The lowest BCUT2D eigenvalue weighted by Gasteiger charge is -2.16. The maximum atomic E-state index is 9.25. The summed E-state index contributed by atoms with van der Waals surface area (Å²) in [5, 5.41) is 1.96. The van der Waals surface area contributed by atoms with Gasteiger partial charge in [-0.25, -0.2) is 0 Å². The Morgan fingerprint density at radius 1 is 0.784 bits per heavy atom. The summed E-state index contributed by atoms with van der Waals surface area (Å²) in [5.41, 5.74) is 10.4. The molecule has 37 heavy (non-hydrogen) atoms. The van der Waals surface area contributed by atoms with Crippen molar-refractivity contribution < 1.29 is 19.0 Å². The molecule has 1 atom stereocenters. The largest absolute Gasteiger partial charge is 0.454 e. The first-order chi connectivity index (χ1) is 19.9. The van der Waals surface area contributed by atoms with E-state index in [4.69, 9.17) is 7.16 Å². The number of aromatic nitrogens is 2. The van der Waals surface area contributed by atoms with Crippen LogP contribution in [-0.4, -0.2) is 0 Å². The highest BCUT2D eigenvalue weighted by Gasteiger charge is 2.66. The fourth-order valence-electron chi connectivity index (χ4n) is 7.07. The molecule has 5 heterocycles. The van der Waals surface area contributed by atoms with E-state index in [-0.39, 0.29) is 24.3 Å². The van der Waals surface area contributed by atoms with Crippen LogP contribution in [-0.2, 0) is 12.1 Å². The van der Waals surface area contributed by atoms with Gasteiger partial charge in [0.1, 0.15) is 29.2 Å². The highest BCUT2D eigenvalue weighted by molar-refractivity contribution is 6.13. The van der Waals surface area contributed by atoms with Gasteiger partial charge in [-0.05, 0) is 67.8 Å². The molecule has 1 unspecified atom stereocenters. The van der Waals surface area contributed by atoms with E-state index in [0.29, 0.717) is 11.3 Å². The highest BCUT2D eigenvalue weighted by atomic mass is 16.3. The van der Waals surface area contributed by atoms with Crippen molar-refractivity contribution in [3.63, 3.8) is 0 Å². The Balaban J connectivity index is 1.53. The number of hydrogen-bond acceptors (Lipinski definition) is 1. The Labute approximate surface area is 220 Å². The number of nitrogens with zero attached hydrogens (tertiary/aromatic N) is 2. The average Bonchev–Trinajstić information content (AvgIpc) is 3.69. The minimum Gasteiger partial charge on any atom is -0.454 e. The minimum atomic E-state index is -1.05. The van der Waals surface area contributed by atoms with Gasteiger partial charge in [-0.3, -0.25) is 0 Å². The van der Waals surface area contributed by atoms with E-state index < -0.39 is 5.66 Å². The number of benzene rings is 3. The molecular formula is C34H24N2O+2. The van der Waals surface area contributed by atoms with Gasteiger partial charge in [-0.15, -0.1) is 9.13 Å². The van der Waals surface area contributed by atoms with Gasteiger partial charge in [0.25, 0.3) is 0 Å². The molecule has 0 saturated heterocycles. The van der Waals surface area contributed by atoms with Crippen molar-refractivity contribution in [3.05, 3.63) is 125 Å². The zero-order valence-electron chi connectivity index (χ0n) is 24.4. The molecule has 1 spiro atoms. The van der Waals surface area contributed by atoms with E-state index >= 15 is 0 Å². The third-order valence-corrected chi connectivity index (χ3v) is 8.72. The second kappa shape index (κ2) is 6.43. The van der Waals surface area contributed by atoms with Crippen LogP contribution in [0.25, 0.3) is 50.0 Å². The third-order valence-electron chi connectivity index (χ3n) is 8.72. The fraction of sp³-hybridized carbons (Fsp3) is 0.118. The molecule has 3 nitrogen and oxygen atoms in total. The van der Waals surface area contributed by atoms with Crippen LogP contribution >= 0.6 is 0 Å². The van der Waals surface area contributed by atoms with Gasteiger partial charge in [0.05, 0.1) is 9.68 Å². The molecule has 3 aromatic heterocycles. The van der Waals surface area contributed by atoms with Crippen LogP contribution in [0.15, 0.2) is 107 Å². The number of allylic oxidation sites excluding steroid dienone is 2. The molecule has 0 amide bonds. The number of fused-ring (bicyclic) bond motifs is 16. The summed E-state index contributed by atoms with van der Waals surface area (Å²) in [7, 11) is 0. The van der Waals surface area contributed by atoms with Crippen LogP contribution in [0.4, 0.5) is 0 Å². The van der Waals surface area contributed by atoms with Gasteiger partial charge in [-0.2, -0.15) is 0 Å². The maximum absolute atomic E-state index is 9.25. The average molecular weight is 481 g/mol. The number of hydrogen-bond donors (Lipinski definition) is 0. The molecule has 0 fully saturated rings. The number of furan rings is 1. The van der Waals surface area contributed by atoms with Crippen molar-refractivity contribution in [1.29, 1.82) is 0 Å². The Kier molecular flexibility index (Phi) is 2.83. The molecule has 3 aromatic carbocycles. The van der Waals surface area contributed by atoms with Crippen LogP contribution in [0.3, 0.4) is 0 Å². The smallest absolute Gasteiger partial charge is 0.417 e. The van der Waals surface area contributed by atoms with Crippen LogP contribution in [0.5, 0.6) is 0 Å². The molecule has 0 N–H and O–H groups in total. The predicted molar refractivity (Wildman–Crippen MR) is 145 cm³/mol. The van der Waals surface area contributed by atoms with Gasteiger partial charge in [0.2, 0.25) is 11.4 Å². The van der Waals surface area contributed by atoms with Crippen LogP contribution in [0.2, 0.25) is 0 Å². The summed E-state index contributed by atoms with van der Waals surface area (Å²) in [5.74, 6) is 0. The van der Waals surface area contributed by atoms with Gasteiger partial charge >= 0.3 is 5.66 Å². The lowest BCUT2D eigenvalue weighted by molar-refractivity contribution is -0.955. The summed E-state index contributed by atoms with van der Waals surface area (Å²) in [6, 6.07) is 22.1. The first-order valence-electron chi connectivity index (χ1n) is 14.7. The lowest BCUT2D eigenvalue weighted by atomic mass is 9.89. The molecule has 6 aromatic rings. The van der Waals surface area contributed by atoms with Crippen molar-refractivity contribution in [2.45, 2.75) is 25.9 Å². The predicted octanol–water partition coefficient (Wildman–Crippen LogP) is 6.77. The molecule has 0 bridgehead atoms. The van der Waals surface area contributed by atoms with Gasteiger partial charge < -0.3 is 4.42 Å². The molecular weight excluding hydrogens is 452 g/mol. The Hall–Kier alpha value is -4.50. The fourth-order valence-corrected chi connectivity index (χ4v) is 7.07. The normalized spacial score (nSPS) is 19.9. The molecule has 0 saturated carbocycles. The molecule has 2 aliphatic heterocycles. The maximum Gasteiger partial charge on any atom is 0.417 e. The quantitative estimate of drug-likeness (QED) is 0.220. The second-order valence-corrected chi connectivity index (χ2v) is 10.4. The van der Waals surface area contributed by atoms with Crippen molar-refractivity contribution in [2.24, 2.45) is 0 Å². The van der Waals surface area contributed by atoms with E-state index in [1.54, 1.807) is 4.57 Å². The molecule has 1 aliphatic carbocycles. The first kappa shape index (κ1) is 16.3. The van der Waals surface area contributed by atoms with E-state index in [9.17, 15) is 2.74 Å². The standard InChI is InChI=1S/C34H24N2O/c1-20-19-22-13-14-23-24-15-16-27-31(33(24)37-32(23)30(22)21(20)2)29-12-6-8-18-36(29)34(27)26-10-4-3-9-25(26)28-11-5-7-17-35(28)34/h3-18H,19H2,1-2H3/q+2/i6D,8D,12D,18D. The van der Waals surface area contributed by atoms with Crippen molar-refractivity contribution in [3.8, 4) is 22.5 Å². The summed E-state index contributed by atoms with van der Waals surface area (Å²) in [6.07, 6.45) is 2.82. The molecule has 3 heteroatoms. The lowest BCUT2D eigenvalue weighted by Crippen LogP contribution is -2.71. The zero-order valence-corrected chi connectivity index (χ0v) is 20.4. The van der Waals surface area contributed by atoms with Crippen LogP contribution < -0.4 is 9.13 Å². The second-order valence-electron chi connectivity index (χ2n) is 10.4. The number of pyridine rings is 2. The molecule has 3 aliphatic rings. The van der Waals surface area contributed by atoms with Crippen LogP contribution in [0, 0.1) is 0 Å². The zero-order chi connectivity index (χ0) is 27.9. The molecule has 0 radical (unpaired) electrons. The van der Waals surface area contributed by atoms with E-state index in [2.05, 4.69) is 60.9 Å². The summed E-state index contributed by atoms with van der Waals surface area (Å²) >= 11 is 0. The van der Waals surface area contributed by atoms with E-state index in [1.165, 1.54) is 16.7 Å². The highest BCUT2D eigenvalue weighted by Crippen LogP contribution is 2.51. The van der Waals surface area contributed by atoms with Gasteiger partial charge in [0, 0.05) is 40.6 Å². The Morgan fingerprint density at radius 3 is 2.51 bits per heavy atom. The Morgan fingerprint density at radius 2 is 1.59 bits per heavy atom. The number of rotatable bonds is 0. The Bertz CT molecular complexity index is 2220. The van der Waals surface area contributed by atoms with Crippen LogP contribution in [0.1, 0.15) is 41.6 Å².